The second kappa shape index (κ2) is 6.46. The van der Waals surface area contributed by atoms with Crippen molar-refractivity contribution in [3.05, 3.63) is 38.6 Å². The second-order valence-electron chi connectivity index (χ2n) is 3.93. The largest absolute Gasteiger partial charge is 0.476 e. The number of rotatable bonds is 5. The summed E-state index contributed by atoms with van der Waals surface area (Å²) in [6.07, 6.45) is 1.70. The van der Waals surface area contributed by atoms with Gasteiger partial charge < -0.3 is 10.1 Å². The van der Waals surface area contributed by atoms with Crippen LogP contribution in [0, 0.1) is 0 Å². The average molecular weight is 317 g/mol. The zero-order valence-corrected chi connectivity index (χ0v) is 12.9. The minimum absolute atomic E-state index is 0.0275. The molecule has 0 aliphatic rings. The molecule has 6 heteroatoms. The van der Waals surface area contributed by atoms with E-state index in [1.54, 1.807) is 6.20 Å². The van der Waals surface area contributed by atoms with Crippen LogP contribution in [0.3, 0.4) is 0 Å². The van der Waals surface area contributed by atoms with Crippen molar-refractivity contribution in [2.75, 3.05) is 11.9 Å². The third-order valence-electron chi connectivity index (χ3n) is 2.57. The zero-order chi connectivity index (χ0) is 13.8. The van der Waals surface area contributed by atoms with Crippen LogP contribution in [0.15, 0.2) is 24.4 Å². The van der Waals surface area contributed by atoms with Gasteiger partial charge in [-0.2, -0.15) is 0 Å². The fourth-order valence-electron chi connectivity index (χ4n) is 1.71. The standard InChI is InChI=1S/C13H14Cl2N2OS/c1-3-18-13-10(5-4-6-16-13)17-8(2)9-7-11(14)19-12(9)15/h4-8,17H,3H2,1-2H3. The summed E-state index contributed by atoms with van der Waals surface area (Å²) in [5, 5.41) is 3.34. The molecule has 19 heavy (non-hydrogen) atoms. The Morgan fingerprint density at radius 1 is 1.47 bits per heavy atom. The molecule has 102 valence electrons. The quantitative estimate of drug-likeness (QED) is 0.840. The Morgan fingerprint density at radius 2 is 2.26 bits per heavy atom. The van der Waals surface area contributed by atoms with Gasteiger partial charge in [-0.3, -0.25) is 0 Å². The van der Waals surface area contributed by atoms with Crippen molar-refractivity contribution < 1.29 is 4.74 Å². The summed E-state index contributed by atoms with van der Waals surface area (Å²) < 4.78 is 6.86. The first-order chi connectivity index (χ1) is 9.11. The second-order valence-corrected chi connectivity index (χ2v) is 6.22. The highest BCUT2D eigenvalue weighted by molar-refractivity contribution is 7.20. The molecule has 0 saturated carbocycles. The number of aromatic nitrogens is 1. The van der Waals surface area contributed by atoms with Crippen LogP contribution >= 0.6 is 34.5 Å². The summed E-state index contributed by atoms with van der Waals surface area (Å²) in [6, 6.07) is 5.69. The molecule has 1 unspecified atom stereocenters. The highest BCUT2D eigenvalue weighted by atomic mass is 35.5. The number of ether oxygens (including phenoxy) is 1. The molecular formula is C13H14Cl2N2OS. The van der Waals surface area contributed by atoms with Gasteiger partial charge in [0.1, 0.15) is 0 Å². The van der Waals surface area contributed by atoms with Crippen molar-refractivity contribution in [3.63, 3.8) is 0 Å². The van der Waals surface area contributed by atoms with Crippen LogP contribution in [0.4, 0.5) is 5.69 Å². The van der Waals surface area contributed by atoms with E-state index in [9.17, 15) is 0 Å². The van der Waals surface area contributed by atoms with Crippen molar-refractivity contribution in [2.24, 2.45) is 0 Å². The molecule has 0 saturated heterocycles. The van der Waals surface area contributed by atoms with Gasteiger partial charge in [-0.15, -0.1) is 11.3 Å². The van der Waals surface area contributed by atoms with Gasteiger partial charge in [0.2, 0.25) is 5.88 Å². The molecule has 0 spiro atoms. The number of nitrogens with zero attached hydrogens (tertiary/aromatic N) is 1. The lowest BCUT2D eigenvalue weighted by Gasteiger charge is -2.16. The summed E-state index contributed by atoms with van der Waals surface area (Å²) in [6.45, 7) is 4.52. The first kappa shape index (κ1) is 14.4. The Balaban J connectivity index is 2.19. The van der Waals surface area contributed by atoms with E-state index < -0.39 is 0 Å². The number of anilines is 1. The van der Waals surface area contributed by atoms with Crippen LogP contribution in [0.2, 0.25) is 8.67 Å². The van der Waals surface area contributed by atoms with E-state index in [1.165, 1.54) is 11.3 Å². The Kier molecular flexibility index (Phi) is 4.91. The molecule has 0 aliphatic carbocycles. The van der Waals surface area contributed by atoms with Crippen LogP contribution in [0.1, 0.15) is 25.5 Å². The summed E-state index contributed by atoms with van der Waals surface area (Å²) in [4.78, 5) is 4.20. The Bertz CT molecular complexity index is 559. The first-order valence-electron chi connectivity index (χ1n) is 5.91. The summed E-state index contributed by atoms with van der Waals surface area (Å²) in [7, 11) is 0. The smallest absolute Gasteiger partial charge is 0.237 e. The Hall–Kier alpha value is -0.970. The lowest BCUT2D eigenvalue weighted by atomic mass is 10.2. The van der Waals surface area contributed by atoms with Gasteiger partial charge in [0.05, 0.1) is 27.0 Å². The van der Waals surface area contributed by atoms with Crippen LogP contribution < -0.4 is 10.1 Å². The summed E-state index contributed by atoms with van der Waals surface area (Å²) in [5.74, 6) is 0.592. The van der Waals surface area contributed by atoms with Gasteiger partial charge >= 0.3 is 0 Å². The lowest BCUT2D eigenvalue weighted by Crippen LogP contribution is -2.08. The highest BCUT2D eigenvalue weighted by Gasteiger charge is 2.15. The van der Waals surface area contributed by atoms with Gasteiger partial charge in [-0.25, -0.2) is 4.98 Å². The van der Waals surface area contributed by atoms with Crippen LogP contribution in [-0.4, -0.2) is 11.6 Å². The van der Waals surface area contributed by atoms with Crippen molar-refractivity contribution in [3.8, 4) is 5.88 Å². The van der Waals surface area contributed by atoms with E-state index in [-0.39, 0.29) is 6.04 Å². The fraction of sp³-hybridized carbons (Fsp3) is 0.308. The van der Waals surface area contributed by atoms with Crippen molar-refractivity contribution >= 4 is 40.2 Å². The maximum atomic E-state index is 6.15. The van der Waals surface area contributed by atoms with Crippen LogP contribution in [0.25, 0.3) is 0 Å². The molecule has 2 rings (SSSR count). The molecule has 2 heterocycles. The van der Waals surface area contributed by atoms with Crippen LogP contribution in [-0.2, 0) is 0 Å². The molecule has 0 amide bonds. The highest BCUT2D eigenvalue weighted by Crippen LogP contribution is 2.36. The predicted octanol–water partition coefficient (Wildman–Crippen LogP) is 5.02. The van der Waals surface area contributed by atoms with Gasteiger partial charge in [-0.1, -0.05) is 23.2 Å². The Labute approximate surface area is 126 Å². The fourth-order valence-corrected chi connectivity index (χ4v) is 3.36. The molecule has 0 aromatic carbocycles. The van der Waals surface area contributed by atoms with Crippen molar-refractivity contribution in [2.45, 2.75) is 19.9 Å². The number of hydrogen-bond donors (Lipinski definition) is 1. The third-order valence-corrected chi connectivity index (χ3v) is 4.09. The molecule has 1 atom stereocenters. The lowest BCUT2D eigenvalue weighted by molar-refractivity contribution is 0.328. The number of nitrogens with one attached hydrogen (secondary N) is 1. The topological polar surface area (TPSA) is 34.1 Å². The third kappa shape index (κ3) is 3.53. The number of halogens is 2. The molecule has 0 bridgehead atoms. The molecule has 2 aromatic rings. The molecule has 2 aromatic heterocycles. The van der Waals surface area contributed by atoms with E-state index >= 15 is 0 Å². The van der Waals surface area contributed by atoms with Crippen LogP contribution in [0.5, 0.6) is 5.88 Å². The summed E-state index contributed by atoms with van der Waals surface area (Å²) in [5.41, 5.74) is 1.82. The normalized spacial score (nSPS) is 12.2. The van der Waals surface area contributed by atoms with Gasteiger partial charge in [0.15, 0.2) is 0 Å². The maximum absolute atomic E-state index is 6.15. The summed E-state index contributed by atoms with van der Waals surface area (Å²) >= 11 is 13.5. The van der Waals surface area contributed by atoms with Crippen molar-refractivity contribution in [1.82, 2.24) is 4.98 Å². The molecule has 0 fully saturated rings. The van der Waals surface area contributed by atoms with Crippen molar-refractivity contribution in [1.29, 1.82) is 0 Å². The average Bonchev–Trinajstić information content (AvgIpc) is 2.71. The van der Waals surface area contributed by atoms with Gasteiger partial charge in [0.25, 0.3) is 0 Å². The zero-order valence-electron chi connectivity index (χ0n) is 10.6. The van der Waals surface area contributed by atoms with Gasteiger partial charge in [0, 0.05) is 11.8 Å². The SMILES string of the molecule is CCOc1ncccc1NC(C)c1cc(Cl)sc1Cl. The van der Waals surface area contributed by atoms with E-state index in [0.29, 0.717) is 21.2 Å². The predicted molar refractivity (Wildman–Crippen MR) is 81.8 cm³/mol. The number of thiophene rings is 1. The molecule has 0 radical (unpaired) electrons. The molecule has 1 N–H and O–H groups in total. The first-order valence-corrected chi connectivity index (χ1v) is 7.48. The Morgan fingerprint density at radius 3 is 2.89 bits per heavy atom. The number of pyridine rings is 1. The monoisotopic (exact) mass is 316 g/mol. The van der Waals surface area contributed by atoms with Gasteiger partial charge in [-0.05, 0) is 32.0 Å². The molecule has 0 aliphatic heterocycles. The van der Waals surface area contributed by atoms with E-state index in [4.69, 9.17) is 27.9 Å². The maximum Gasteiger partial charge on any atom is 0.237 e. The molecule has 3 nitrogen and oxygen atoms in total. The minimum Gasteiger partial charge on any atom is -0.476 e. The van der Waals surface area contributed by atoms with E-state index in [1.807, 2.05) is 32.0 Å². The van der Waals surface area contributed by atoms with E-state index in [2.05, 4.69) is 10.3 Å². The molecular weight excluding hydrogens is 303 g/mol. The number of hydrogen-bond acceptors (Lipinski definition) is 4. The minimum atomic E-state index is 0.0275. The van der Waals surface area contributed by atoms with E-state index in [0.717, 1.165) is 11.3 Å².